The van der Waals surface area contributed by atoms with Gasteiger partial charge in [0.05, 0.1) is 12.4 Å². The van der Waals surface area contributed by atoms with Crippen molar-refractivity contribution in [2.45, 2.75) is 12.5 Å². The van der Waals surface area contributed by atoms with Gasteiger partial charge in [0.1, 0.15) is 15.6 Å². The van der Waals surface area contributed by atoms with Crippen LogP contribution in [-0.2, 0) is 16.3 Å². The summed E-state index contributed by atoms with van der Waals surface area (Å²) in [5.74, 6) is 0.728. The van der Waals surface area contributed by atoms with Crippen LogP contribution in [0.3, 0.4) is 0 Å². The van der Waals surface area contributed by atoms with E-state index in [9.17, 15) is 8.42 Å². The van der Waals surface area contributed by atoms with Crippen LogP contribution >= 0.6 is 0 Å². The van der Waals surface area contributed by atoms with Crippen LogP contribution in [-0.4, -0.2) is 27.0 Å². The lowest BCUT2D eigenvalue weighted by atomic mass is 10.0. The van der Waals surface area contributed by atoms with Gasteiger partial charge >= 0.3 is 0 Å². The molecule has 4 nitrogen and oxygen atoms in total. The molecule has 1 aliphatic rings. The maximum absolute atomic E-state index is 11.2. The maximum Gasteiger partial charge on any atom is 0.149 e. The molecule has 0 aliphatic carbocycles. The summed E-state index contributed by atoms with van der Waals surface area (Å²) in [7, 11) is -3.07. The first-order valence-corrected chi connectivity index (χ1v) is 7.21. The van der Waals surface area contributed by atoms with Gasteiger partial charge in [-0.05, 0) is 5.56 Å². The molecule has 0 aromatic heterocycles. The van der Waals surface area contributed by atoms with Gasteiger partial charge in [-0.1, -0.05) is 18.2 Å². The Morgan fingerprint density at radius 2 is 2.25 bits per heavy atom. The average molecular weight is 241 g/mol. The van der Waals surface area contributed by atoms with Crippen molar-refractivity contribution in [1.82, 2.24) is 0 Å². The Morgan fingerprint density at radius 3 is 2.94 bits per heavy atom. The third-order valence-corrected chi connectivity index (χ3v) is 3.59. The van der Waals surface area contributed by atoms with Crippen molar-refractivity contribution < 1.29 is 13.2 Å². The molecule has 1 aliphatic heterocycles. The Labute approximate surface area is 95.3 Å². The van der Waals surface area contributed by atoms with Gasteiger partial charge in [0.25, 0.3) is 0 Å². The number of para-hydroxylation sites is 1. The summed E-state index contributed by atoms with van der Waals surface area (Å²) >= 11 is 0. The standard InChI is InChI=1S/C11H15NO3S/c1-16(13,14)7-10(12)9-4-2-3-8-5-6-15-11(8)9/h2-4,10H,5-7,12H2,1H3. The second-order valence-electron chi connectivity index (χ2n) is 4.13. The highest BCUT2D eigenvalue weighted by molar-refractivity contribution is 7.90. The number of rotatable bonds is 3. The Kier molecular flexibility index (Phi) is 2.90. The van der Waals surface area contributed by atoms with Crippen LogP contribution in [0.2, 0.25) is 0 Å². The minimum Gasteiger partial charge on any atom is -0.493 e. The summed E-state index contributed by atoms with van der Waals surface area (Å²) in [6, 6.07) is 5.20. The lowest BCUT2D eigenvalue weighted by molar-refractivity contribution is 0.352. The highest BCUT2D eigenvalue weighted by Gasteiger charge is 2.22. The van der Waals surface area contributed by atoms with Gasteiger partial charge < -0.3 is 10.5 Å². The normalized spacial score (nSPS) is 16.6. The molecule has 16 heavy (non-hydrogen) atoms. The Hall–Kier alpha value is -1.07. The number of hydrogen-bond acceptors (Lipinski definition) is 4. The zero-order valence-electron chi connectivity index (χ0n) is 9.14. The molecule has 1 atom stereocenters. The Morgan fingerprint density at radius 1 is 1.50 bits per heavy atom. The predicted molar refractivity (Wildman–Crippen MR) is 62.3 cm³/mol. The summed E-state index contributed by atoms with van der Waals surface area (Å²) in [5, 5.41) is 0. The lowest BCUT2D eigenvalue weighted by Gasteiger charge is -2.14. The quantitative estimate of drug-likeness (QED) is 0.844. The molecule has 88 valence electrons. The van der Waals surface area contributed by atoms with Crippen LogP contribution in [0.4, 0.5) is 0 Å². The van der Waals surface area contributed by atoms with E-state index in [-0.39, 0.29) is 5.75 Å². The summed E-state index contributed by atoms with van der Waals surface area (Å²) in [6.45, 7) is 0.651. The number of ether oxygens (including phenoxy) is 1. The van der Waals surface area contributed by atoms with E-state index in [2.05, 4.69) is 0 Å². The van der Waals surface area contributed by atoms with E-state index in [0.29, 0.717) is 6.61 Å². The molecule has 0 bridgehead atoms. The summed E-state index contributed by atoms with van der Waals surface area (Å²) in [6.07, 6.45) is 2.06. The third kappa shape index (κ3) is 2.36. The van der Waals surface area contributed by atoms with Crippen LogP contribution in [0.15, 0.2) is 18.2 Å². The highest BCUT2D eigenvalue weighted by atomic mass is 32.2. The minimum atomic E-state index is -3.07. The molecule has 0 saturated heterocycles. The van der Waals surface area contributed by atoms with Crippen molar-refractivity contribution in [3.05, 3.63) is 29.3 Å². The SMILES string of the molecule is CS(=O)(=O)CC(N)c1cccc2c1OCC2. The molecule has 1 aromatic rings. The van der Waals surface area contributed by atoms with Gasteiger partial charge in [0, 0.05) is 24.3 Å². The molecule has 0 radical (unpaired) electrons. The Balaban J connectivity index is 2.31. The second kappa shape index (κ2) is 4.07. The maximum atomic E-state index is 11.2. The van der Waals surface area contributed by atoms with Gasteiger partial charge in [0.2, 0.25) is 0 Å². The zero-order chi connectivity index (χ0) is 11.8. The molecule has 0 spiro atoms. The topological polar surface area (TPSA) is 69.4 Å². The number of nitrogens with two attached hydrogens (primary N) is 1. The van der Waals surface area contributed by atoms with Gasteiger partial charge in [-0.15, -0.1) is 0 Å². The molecule has 2 rings (SSSR count). The van der Waals surface area contributed by atoms with E-state index in [1.54, 1.807) is 0 Å². The molecule has 1 aromatic carbocycles. The third-order valence-electron chi connectivity index (χ3n) is 2.63. The number of fused-ring (bicyclic) bond motifs is 1. The summed E-state index contributed by atoms with van der Waals surface area (Å²) in [5.41, 5.74) is 7.80. The van der Waals surface area contributed by atoms with Crippen LogP contribution in [0.1, 0.15) is 17.2 Å². The van der Waals surface area contributed by atoms with Crippen molar-refractivity contribution in [3.8, 4) is 5.75 Å². The monoisotopic (exact) mass is 241 g/mol. The molecule has 0 saturated carbocycles. The largest absolute Gasteiger partial charge is 0.493 e. The lowest BCUT2D eigenvalue weighted by Crippen LogP contribution is -2.21. The second-order valence-corrected chi connectivity index (χ2v) is 6.32. The molecule has 1 heterocycles. The van der Waals surface area contributed by atoms with E-state index in [0.717, 1.165) is 23.3 Å². The van der Waals surface area contributed by atoms with Crippen molar-refractivity contribution in [2.24, 2.45) is 5.73 Å². The fraction of sp³-hybridized carbons (Fsp3) is 0.455. The van der Waals surface area contributed by atoms with Gasteiger partial charge in [-0.2, -0.15) is 0 Å². The molecular formula is C11H15NO3S. The van der Waals surface area contributed by atoms with Crippen LogP contribution in [0.25, 0.3) is 0 Å². The first kappa shape index (κ1) is 11.4. The molecule has 1 unspecified atom stereocenters. The van der Waals surface area contributed by atoms with Crippen LogP contribution in [0, 0.1) is 0 Å². The minimum absolute atomic E-state index is 0.0488. The summed E-state index contributed by atoms with van der Waals surface area (Å²) in [4.78, 5) is 0. The molecule has 0 fully saturated rings. The predicted octanol–water partition coefficient (Wildman–Crippen LogP) is 0.666. The number of sulfone groups is 1. The molecular weight excluding hydrogens is 226 g/mol. The first-order chi connectivity index (χ1) is 7.47. The molecule has 2 N–H and O–H groups in total. The zero-order valence-corrected chi connectivity index (χ0v) is 9.96. The summed E-state index contributed by atoms with van der Waals surface area (Å²) < 4.78 is 27.9. The van der Waals surface area contributed by atoms with Gasteiger partial charge in [-0.25, -0.2) is 8.42 Å². The van der Waals surface area contributed by atoms with E-state index in [1.807, 2.05) is 18.2 Å². The van der Waals surface area contributed by atoms with E-state index >= 15 is 0 Å². The van der Waals surface area contributed by atoms with E-state index in [4.69, 9.17) is 10.5 Å². The fourth-order valence-corrected chi connectivity index (χ4v) is 2.78. The van der Waals surface area contributed by atoms with Crippen molar-refractivity contribution >= 4 is 9.84 Å². The fourth-order valence-electron chi connectivity index (χ4n) is 1.95. The average Bonchev–Trinajstić information content (AvgIpc) is 2.61. The molecule has 5 heteroatoms. The van der Waals surface area contributed by atoms with E-state index in [1.165, 1.54) is 6.26 Å². The van der Waals surface area contributed by atoms with Crippen molar-refractivity contribution in [2.75, 3.05) is 18.6 Å². The first-order valence-electron chi connectivity index (χ1n) is 5.15. The number of hydrogen-bond donors (Lipinski definition) is 1. The van der Waals surface area contributed by atoms with Gasteiger partial charge in [0.15, 0.2) is 0 Å². The van der Waals surface area contributed by atoms with Crippen molar-refractivity contribution in [3.63, 3.8) is 0 Å². The van der Waals surface area contributed by atoms with Crippen molar-refractivity contribution in [1.29, 1.82) is 0 Å². The van der Waals surface area contributed by atoms with Crippen LogP contribution < -0.4 is 10.5 Å². The molecule has 0 amide bonds. The van der Waals surface area contributed by atoms with Crippen LogP contribution in [0.5, 0.6) is 5.75 Å². The smallest absolute Gasteiger partial charge is 0.149 e. The Bertz CT molecular complexity index is 496. The van der Waals surface area contributed by atoms with Gasteiger partial charge in [-0.3, -0.25) is 0 Å². The highest BCUT2D eigenvalue weighted by Crippen LogP contribution is 2.32. The number of benzene rings is 1. The van der Waals surface area contributed by atoms with E-state index < -0.39 is 15.9 Å².